The topological polar surface area (TPSA) is 37.4 Å². The maximum Gasteiger partial charge on any atom is 0.234 e. The molecule has 0 fully saturated rings. The summed E-state index contributed by atoms with van der Waals surface area (Å²) >= 11 is 2.24. The van der Waals surface area contributed by atoms with E-state index >= 15 is 0 Å². The molecule has 1 heterocycles. The lowest BCUT2D eigenvalue weighted by Crippen LogP contribution is -2.30. The van der Waals surface area contributed by atoms with Crippen LogP contribution in [0.5, 0.6) is 0 Å². The lowest BCUT2D eigenvalue weighted by Gasteiger charge is -2.18. The number of nitrogens with zero attached hydrogens (tertiary/aromatic N) is 1. The van der Waals surface area contributed by atoms with Gasteiger partial charge < -0.3 is 0 Å². The molecule has 15 heavy (non-hydrogen) atoms. The Morgan fingerprint density at radius 3 is 2.87 bits per heavy atom. The van der Waals surface area contributed by atoms with Gasteiger partial charge in [-0.15, -0.1) is 0 Å². The molecule has 0 unspecified atom stereocenters. The molecule has 0 spiro atoms. The number of benzene rings is 1. The van der Waals surface area contributed by atoms with E-state index in [1.165, 1.54) is 4.31 Å². The molecule has 0 saturated heterocycles. The Labute approximate surface area is 104 Å². The van der Waals surface area contributed by atoms with Crippen molar-refractivity contribution in [3.05, 3.63) is 27.3 Å². The largest absolute Gasteiger partial charge is 0.270 e. The summed E-state index contributed by atoms with van der Waals surface area (Å²) in [5.74, 6) is 0.165. The van der Waals surface area contributed by atoms with Crippen LogP contribution in [0.3, 0.4) is 0 Å². The highest BCUT2D eigenvalue weighted by Crippen LogP contribution is 2.31. The maximum absolute atomic E-state index is 11.8. The first-order valence-corrected chi connectivity index (χ1v) is 7.52. The highest BCUT2D eigenvalue weighted by molar-refractivity contribution is 14.1. The van der Waals surface area contributed by atoms with Crippen LogP contribution in [0.15, 0.2) is 18.2 Å². The smallest absolute Gasteiger partial charge is 0.234 e. The van der Waals surface area contributed by atoms with Gasteiger partial charge in [-0.05, 0) is 59.7 Å². The lowest BCUT2D eigenvalue weighted by molar-refractivity contribution is 0.593. The zero-order valence-corrected chi connectivity index (χ0v) is 11.4. The van der Waals surface area contributed by atoms with Gasteiger partial charge in [-0.1, -0.05) is 0 Å². The first kappa shape index (κ1) is 11.2. The highest BCUT2D eigenvalue weighted by Gasteiger charge is 2.27. The Morgan fingerprint density at radius 1 is 1.47 bits per heavy atom. The van der Waals surface area contributed by atoms with Crippen molar-refractivity contribution in [1.82, 2.24) is 0 Å². The maximum atomic E-state index is 11.8. The monoisotopic (exact) mass is 337 g/mol. The fraction of sp³-hybridized carbons (Fsp3) is 0.400. The molecule has 1 aliphatic rings. The van der Waals surface area contributed by atoms with Crippen LogP contribution in [-0.4, -0.2) is 20.7 Å². The second kappa shape index (κ2) is 3.93. The quantitative estimate of drug-likeness (QED) is 0.774. The average Bonchev–Trinajstić information content (AvgIpc) is 2.61. The normalized spacial score (nSPS) is 15.5. The summed E-state index contributed by atoms with van der Waals surface area (Å²) in [4.78, 5) is 0. The number of hydrogen-bond acceptors (Lipinski definition) is 2. The van der Waals surface area contributed by atoms with E-state index in [9.17, 15) is 8.42 Å². The predicted octanol–water partition coefficient (Wildman–Crippen LogP) is 2.00. The van der Waals surface area contributed by atoms with Gasteiger partial charge in [-0.2, -0.15) is 0 Å². The molecule has 1 aliphatic heterocycles. The Kier molecular flexibility index (Phi) is 2.94. The average molecular weight is 337 g/mol. The molecule has 3 nitrogen and oxygen atoms in total. The van der Waals surface area contributed by atoms with Crippen LogP contribution in [0.1, 0.15) is 12.5 Å². The van der Waals surface area contributed by atoms with Gasteiger partial charge in [0.05, 0.1) is 11.4 Å². The number of halogens is 1. The van der Waals surface area contributed by atoms with E-state index in [2.05, 4.69) is 28.7 Å². The van der Waals surface area contributed by atoms with Crippen LogP contribution < -0.4 is 4.31 Å². The van der Waals surface area contributed by atoms with E-state index in [0.29, 0.717) is 6.54 Å². The molecule has 5 heteroatoms. The zero-order chi connectivity index (χ0) is 11.1. The minimum Gasteiger partial charge on any atom is -0.270 e. The van der Waals surface area contributed by atoms with Gasteiger partial charge in [0.25, 0.3) is 0 Å². The van der Waals surface area contributed by atoms with Crippen LogP contribution >= 0.6 is 22.6 Å². The minimum atomic E-state index is -3.09. The van der Waals surface area contributed by atoms with Crippen molar-refractivity contribution in [1.29, 1.82) is 0 Å². The molecule has 82 valence electrons. The second-order valence-corrected chi connectivity index (χ2v) is 6.92. The van der Waals surface area contributed by atoms with Crippen LogP contribution in [-0.2, 0) is 16.4 Å². The fourth-order valence-corrected chi connectivity index (χ4v) is 3.50. The second-order valence-electron chi connectivity index (χ2n) is 3.50. The van der Waals surface area contributed by atoms with Gasteiger partial charge in [-0.3, -0.25) is 4.31 Å². The molecule has 0 amide bonds. The summed E-state index contributed by atoms with van der Waals surface area (Å²) < 4.78 is 26.2. The summed E-state index contributed by atoms with van der Waals surface area (Å²) in [5.41, 5.74) is 2.00. The van der Waals surface area contributed by atoms with Crippen molar-refractivity contribution >= 4 is 38.3 Å². The third kappa shape index (κ3) is 1.99. The van der Waals surface area contributed by atoms with Crippen LogP contribution in [0, 0.1) is 3.57 Å². The lowest BCUT2D eigenvalue weighted by atomic mass is 10.2. The van der Waals surface area contributed by atoms with Crippen molar-refractivity contribution in [3.8, 4) is 0 Å². The zero-order valence-electron chi connectivity index (χ0n) is 8.40. The summed E-state index contributed by atoms with van der Waals surface area (Å²) in [5, 5.41) is 0. The van der Waals surface area contributed by atoms with Crippen molar-refractivity contribution in [2.24, 2.45) is 0 Å². The van der Waals surface area contributed by atoms with Crippen LogP contribution in [0.25, 0.3) is 0 Å². The van der Waals surface area contributed by atoms with Gasteiger partial charge >= 0.3 is 0 Å². The van der Waals surface area contributed by atoms with Gasteiger partial charge in [0.15, 0.2) is 0 Å². The number of sulfonamides is 1. The summed E-state index contributed by atoms with van der Waals surface area (Å²) in [6.45, 7) is 2.27. The van der Waals surface area contributed by atoms with E-state index in [-0.39, 0.29) is 5.75 Å². The molecular formula is C10H12INO2S. The molecule has 0 aliphatic carbocycles. The number of fused-ring (bicyclic) bond motifs is 1. The van der Waals surface area contributed by atoms with Gasteiger partial charge in [0.2, 0.25) is 10.0 Å². The Bertz CT molecular complexity index is 484. The molecule has 0 N–H and O–H groups in total. The molecule has 2 rings (SSSR count). The van der Waals surface area contributed by atoms with Crippen molar-refractivity contribution < 1.29 is 8.42 Å². The standard InChI is InChI=1S/C10H12INO2S/c1-2-15(13,14)12-6-5-8-7-9(11)3-4-10(8)12/h3-4,7H,2,5-6H2,1H3. The summed E-state index contributed by atoms with van der Waals surface area (Å²) in [6.07, 6.45) is 0.825. The summed E-state index contributed by atoms with van der Waals surface area (Å²) in [7, 11) is -3.09. The molecule has 0 atom stereocenters. The third-order valence-corrected chi connectivity index (χ3v) is 5.05. The number of hydrogen-bond donors (Lipinski definition) is 0. The first-order chi connectivity index (χ1) is 7.04. The molecule has 0 radical (unpaired) electrons. The van der Waals surface area contributed by atoms with Gasteiger partial charge in [-0.25, -0.2) is 8.42 Å². The van der Waals surface area contributed by atoms with Crippen LogP contribution in [0.4, 0.5) is 5.69 Å². The van der Waals surface area contributed by atoms with E-state index < -0.39 is 10.0 Å². The molecule has 0 saturated carbocycles. The Hall–Kier alpha value is -0.300. The van der Waals surface area contributed by atoms with E-state index in [1.807, 2.05) is 12.1 Å². The Morgan fingerprint density at radius 2 is 2.20 bits per heavy atom. The molecule has 0 bridgehead atoms. The van der Waals surface area contributed by atoms with Crippen molar-refractivity contribution in [2.75, 3.05) is 16.6 Å². The molecular weight excluding hydrogens is 325 g/mol. The van der Waals surface area contributed by atoms with Crippen molar-refractivity contribution in [3.63, 3.8) is 0 Å². The van der Waals surface area contributed by atoms with Gasteiger partial charge in [0, 0.05) is 10.1 Å². The first-order valence-electron chi connectivity index (χ1n) is 4.83. The van der Waals surface area contributed by atoms with E-state index in [4.69, 9.17) is 0 Å². The minimum absolute atomic E-state index is 0.165. The highest BCUT2D eigenvalue weighted by atomic mass is 127. The third-order valence-electron chi connectivity index (χ3n) is 2.60. The SMILES string of the molecule is CCS(=O)(=O)N1CCc2cc(I)ccc21. The van der Waals surface area contributed by atoms with E-state index in [0.717, 1.165) is 21.2 Å². The number of rotatable bonds is 2. The fourth-order valence-electron chi connectivity index (χ4n) is 1.78. The van der Waals surface area contributed by atoms with Gasteiger partial charge in [0.1, 0.15) is 0 Å². The summed E-state index contributed by atoms with van der Waals surface area (Å²) in [6, 6.07) is 5.90. The molecule has 1 aromatic carbocycles. The number of anilines is 1. The predicted molar refractivity (Wildman–Crippen MR) is 69.7 cm³/mol. The van der Waals surface area contributed by atoms with Crippen molar-refractivity contribution in [2.45, 2.75) is 13.3 Å². The van der Waals surface area contributed by atoms with E-state index in [1.54, 1.807) is 6.92 Å². The Balaban J connectivity index is 2.46. The van der Waals surface area contributed by atoms with Crippen LogP contribution in [0.2, 0.25) is 0 Å². The molecule has 1 aromatic rings. The molecule has 0 aromatic heterocycles.